The number of nitrogens with one attached hydrogen (secondary N) is 2. The first-order chi connectivity index (χ1) is 12.5. The molecule has 9 heteroatoms. The van der Waals surface area contributed by atoms with Gasteiger partial charge < -0.3 is 20.4 Å². The van der Waals surface area contributed by atoms with Crippen LogP contribution in [0.25, 0.3) is 0 Å². The van der Waals surface area contributed by atoms with E-state index in [1.54, 1.807) is 18.0 Å². The van der Waals surface area contributed by atoms with Crippen LogP contribution in [0.4, 0.5) is 15.7 Å². The van der Waals surface area contributed by atoms with Gasteiger partial charge in [0.15, 0.2) is 5.13 Å². The molecule has 138 valence electrons. The van der Waals surface area contributed by atoms with Gasteiger partial charge in [-0.25, -0.2) is 14.8 Å². The number of hydrogen-bond donors (Lipinski definition) is 2. The number of aromatic nitrogens is 2. The Balaban J connectivity index is 1.47. The number of anilines is 2. The van der Waals surface area contributed by atoms with Crippen molar-refractivity contribution in [2.75, 3.05) is 36.4 Å². The molecule has 1 saturated heterocycles. The number of thiazole rings is 1. The lowest BCUT2D eigenvalue weighted by atomic mass is 10.3. The summed E-state index contributed by atoms with van der Waals surface area (Å²) in [5, 5.41) is 7.87. The fraction of sp³-hybridized carbons (Fsp3) is 0.412. The van der Waals surface area contributed by atoms with E-state index in [0.717, 1.165) is 11.5 Å². The van der Waals surface area contributed by atoms with Crippen molar-refractivity contribution in [2.45, 2.75) is 19.9 Å². The molecule has 1 fully saturated rings. The number of carbonyl (C=O) groups is 2. The van der Waals surface area contributed by atoms with Crippen LogP contribution < -0.4 is 15.5 Å². The van der Waals surface area contributed by atoms with E-state index >= 15 is 0 Å². The van der Waals surface area contributed by atoms with E-state index in [2.05, 4.69) is 25.5 Å². The highest BCUT2D eigenvalue weighted by Gasteiger charge is 2.24. The first-order valence-electron chi connectivity index (χ1n) is 8.47. The highest BCUT2D eigenvalue weighted by molar-refractivity contribution is 7.13. The minimum absolute atomic E-state index is 0.233. The normalized spacial score (nSPS) is 15.5. The fourth-order valence-electron chi connectivity index (χ4n) is 2.65. The molecule has 2 aromatic rings. The summed E-state index contributed by atoms with van der Waals surface area (Å²) < 4.78 is 0. The lowest BCUT2D eigenvalue weighted by molar-refractivity contribution is -0.117. The van der Waals surface area contributed by atoms with E-state index < -0.39 is 6.04 Å². The van der Waals surface area contributed by atoms with Crippen LogP contribution in [-0.2, 0) is 4.79 Å². The van der Waals surface area contributed by atoms with Crippen molar-refractivity contribution < 1.29 is 9.59 Å². The van der Waals surface area contributed by atoms with Crippen molar-refractivity contribution in [2.24, 2.45) is 0 Å². The topological polar surface area (TPSA) is 90.5 Å². The van der Waals surface area contributed by atoms with Crippen LogP contribution in [0.2, 0.25) is 0 Å². The predicted octanol–water partition coefficient (Wildman–Crippen LogP) is 1.71. The van der Waals surface area contributed by atoms with Crippen LogP contribution in [0, 0.1) is 6.92 Å². The zero-order valence-corrected chi connectivity index (χ0v) is 15.6. The Morgan fingerprint density at radius 2 is 2.00 bits per heavy atom. The molecule has 2 aromatic heterocycles. The first kappa shape index (κ1) is 18.1. The minimum Gasteiger partial charge on any atom is -0.353 e. The molecule has 1 aliphatic rings. The molecule has 1 atom stereocenters. The van der Waals surface area contributed by atoms with Gasteiger partial charge in [-0.3, -0.25) is 4.79 Å². The molecule has 3 amide bonds. The van der Waals surface area contributed by atoms with E-state index in [1.807, 2.05) is 30.5 Å². The molecule has 2 N–H and O–H groups in total. The van der Waals surface area contributed by atoms with Crippen molar-refractivity contribution >= 4 is 34.2 Å². The molecule has 3 rings (SSSR count). The van der Waals surface area contributed by atoms with Gasteiger partial charge in [-0.2, -0.15) is 0 Å². The van der Waals surface area contributed by atoms with E-state index in [1.165, 1.54) is 11.3 Å². The molecule has 1 aliphatic heterocycles. The molecule has 8 nitrogen and oxygen atoms in total. The second-order valence-electron chi connectivity index (χ2n) is 6.12. The standard InChI is InChI=1S/C17H22N6O2S/c1-12-11-26-16(19-12)21-15(24)13(2)20-17(25)23-9-7-22(8-10-23)14-5-3-4-6-18-14/h3-6,11,13H,7-10H2,1-2H3,(H,20,25)(H,19,21,24)/t13-/m0/s1. The summed E-state index contributed by atoms with van der Waals surface area (Å²) in [5.74, 6) is 0.638. The number of nitrogens with zero attached hydrogens (tertiary/aromatic N) is 4. The third-order valence-electron chi connectivity index (χ3n) is 4.12. The van der Waals surface area contributed by atoms with Crippen molar-refractivity contribution in [1.82, 2.24) is 20.2 Å². The monoisotopic (exact) mass is 374 g/mol. The van der Waals surface area contributed by atoms with Gasteiger partial charge in [0.2, 0.25) is 5.91 Å². The molecule has 0 radical (unpaired) electrons. The van der Waals surface area contributed by atoms with Gasteiger partial charge in [-0.1, -0.05) is 6.07 Å². The molecule has 0 aromatic carbocycles. The molecule has 0 aliphatic carbocycles. The molecule has 0 saturated carbocycles. The maximum Gasteiger partial charge on any atom is 0.318 e. The average molecular weight is 374 g/mol. The summed E-state index contributed by atoms with van der Waals surface area (Å²) in [5.41, 5.74) is 0.854. The largest absolute Gasteiger partial charge is 0.353 e. The van der Waals surface area contributed by atoms with E-state index in [0.29, 0.717) is 31.3 Å². The van der Waals surface area contributed by atoms with Crippen molar-refractivity contribution in [3.05, 3.63) is 35.5 Å². The molecule has 0 spiro atoms. The lowest BCUT2D eigenvalue weighted by Gasteiger charge is -2.35. The third-order valence-corrected chi connectivity index (χ3v) is 5.00. The highest BCUT2D eigenvalue weighted by Crippen LogP contribution is 2.15. The van der Waals surface area contributed by atoms with Crippen LogP contribution in [0.5, 0.6) is 0 Å². The van der Waals surface area contributed by atoms with Gasteiger partial charge in [0.25, 0.3) is 0 Å². The number of carbonyl (C=O) groups excluding carboxylic acids is 2. The fourth-order valence-corrected chi connectivity index (χ4v) is 3.34. The number of rotatable bonds is 4. The quantitative estimate of drug-likeness (QED) is 0.850. The maximum atomic E-state index is 12.4. The number of piperazine rings is 1. The zero-order chi connectivity index (χ0) is 18.5. The number of pyridine rings is 1. The summed E-state index contributed by atoms with van der Waals surface area (Å²) in [6.07, 6.45) is 1.76. The van der Waals surface area contributed by atoms with Crippen LogP contribution in [0.3, 0.4) is 0 Å². The van der Waals surface area contributed by atoms with E-state index in [4.69, 9.17) is 0 Å². The first-order valence-corrected chi connectivity index (χ1v) is 9.35. The zero-order valence-electron chi connectivity index (χ0n) is 14.8. The van der Waals surface area contributed by atoms with Crippen molar-refractivity contribution in [3.63, 3.8) is 0 Å². The molecule has 0 bridgehead atoms. The molecule has 26 heavy (non-hydrogen) atoms. The number of urea groups is 1. The number of hydrogen-bond acceptors (Lipinski definition) is 6. The Morgan fingerprint density at radius 1 is 1.23 bits per heavy atom. The molecule has 0 unspecified atom stereocenters. The summed E-state index contributed by atoms with van der Waals surface area (Å²) in [6.45, 7) is 6.12. The summed E-state index contributed by atoms with van der Waals surface area (Å²) >= 11 is 1.36. The number of amides is 3. The Labute approximate surface area is 156 Å². The van der Waals surface area contributed by atoms with Gasteiger partial charge >= 0.3 is 6.03 Å². The summed E-state index contributed by atoms with van der Waals surface area (Å²) in [6, 6.07) is 4.92. The van der Waals surface area contributed by atoms with E-state index in [9.17, 15) is 9.59 Å². The number of aryl methyl sites for hydroxylation is 1. The van der Waals surface area contributed by atoms with Crippen LogP contribution in [-0.4, -0.2) is 59.0 Å². The van der Waals surface area contributed by atoms with Crippen molar-refractivity contribution in [1.29, 1.82) is 0 Å². The summed E-state index contributed by atoms with van der Waals surface area (Å²) in [7, 11) is 0. The SMILES string of the molecule is Cc1csc(NC(=O)[C@H](C)NC(=O)N2CCN(c3ccccn3)CC2)n1. The lowest BCUT2D eigenvalue weighted by Crippen LogP contribution is -2.54. The molecular weight excluding hydrogens is 352 g/mol. The van der Waals surface area contributed by atoms with Crippen LogP contribution in [0.1, 0.15) is 12.6 Å². The second kappa shape index (κ2) is 8.13. The Bertz CT molecular complexity index is 758. The van der Waals surface area contributed by atoms with Gasteiger partial charge in [0, 0.05) is 37.8 Å². The minimum atomic E-state index is -0.638. The van der Waals surface area contributed by atoms with Gasteiger partial charge in [-0.15, -0.1) is 11.3 Å². The van der Waals surface area contributed by atoms with Crippen LogP contribution >= 0.6 is 11.3 Å². The Hall–Kier alpha value is -2.68. The third kappa shape index (κ3) is 4.48. The molecule has 3 heterocycles. The van der Waals surface area contributed by atoms with Gasteiger partial charge in [0.05, 0.1) is 5.69 Å². The highest BCUT2D eigenvalue weighted by atomic mass is 32.1. The Kier molecular flexibility index (Phi) is 5.67. The second-order valence-corrected chi connectivity index (χ2v) is 6.97. The average Bonchev–Trinajstić information content (AvgIpc) is 3.07. The molecular formula is C17H22N6O2S. The summed E-state index contributed by atoms with van der Waals surface area (Å²) in [4.78, 5) is 37.0. The van der Waals surface area contributed by atoms with E-state index in [-0.39, 0.29) is 11.9 Å². The Morgan fingerprint density at radius 3 is 2.62 bits per heavy atom. The predicted molar refractivity (Wildman–Crippen MR) is 101 cm³/mol. The van der Waals surface area contributed by atoms with Gasteiger partial charge in [-0.05, 0) is 26.0 Å². The van der Waals surface area contributed by atoms with Crippen LogP contribution in [0.15, 0.2) is 29.8 Å². The smallest absolute Gasteiger partial charge is 0.318 e. The van der Waals surface area contributed by atoms with Gasteiger partial charge in [0.1, 0.15) is 11.9 Å². The van der Waals surface area contributed by atoms with Crippen molar-refractivity contribution in [3.8, 4) is 0 Å². The maximum absolute atomic E-state index is 12.4.